The van der Waals surface area contributed by atoms with Crippen LogP contribution in [-0.2, 0) is 50.6 Å². The molecule has 12 aromatic rings. The van der Waals surface area contributed by atoms with Crippen molar-refractivity contribution in [3.05, 3.63) is 244 Å². The van der Waals surface area contributed by atoms with Gasteiger partial charge in [-0.2, -0.15) is 0 Å². The number of Topliss-reactive ketones (excluding diaryl/α,β-unsaturated/α-hetero) is 1. The number of ketones is 1. The first kappa shape index (κ1) is 93.3. The lowest BCUT2D eigenvalue weighted by molar-refractivity contribution is 0.0714. The van der Waals surface area contributed by atoms with Crippen LogP contribution >= 0.6 is 15.9 Å². The molecule has 1 aliphatic rings. The van der Waals surface area contributed by atoms with Crippen LogP contribution in [0.5, 0.6) is 5.75 Å². The number of amides is 3. The van der Waals surface area contributed by atoms with Gasteiger partial charge in [0, 0.05) is 125 Å². The highest BCUT2D eigenvalue weighted by molar-refractivity contribution is 9.10. The highest BCUT2D eigenvalue weighted by atomic mass is 79.9. The molecular formula is C94H116BrF4N17O6. The van der Waals surface area contributed by atoms with Gasteiger partial charge >= 0.3 is 0 Å². The van der Waals surface area contributed by atoms with Gasteiger partial charge in [-0.3, -0.25) is 24.1 Å². The maximum absolute atomic E-state index is 14.4. The molecule has 8 aromatic heterocycles. The van der Waals surface area contributed by atoms with Crippen LogP contribution in [0, 0.1) is 41.0 Å². The molecule has 0 bridgehead atoms. The third-order valence-electron chi connectivity index (χ3n) is 20.6. The largest absolute Gasteiger partial charge is 0.492 e. The van der Waals surface area contributed by atoms with E-state index in [1.54, 1.807) is 48.8 Å². The van der Waals surface area contributed by atoms with Crippen LogP contribution in [0.1, 0.15) is 197 Å². The molecule has 4 aromatic carbocycles. The molecule has 1 aliphatic carbocycles. The van der Waals surface area contributed by atoms with Crippen molar-refractivity contribution in [3.8, 4) is 5.75 Å². The zero-order valence-electron chi connectivity index (χ0n) is 72.0. The smallest absolute Gasteiger partial charge is 0.260 e. The Labute approximate surface area is 721 Å². The standard InChI is InChI=1S/C28H41N5O3.C24H27F3N4O.C22H27BrN4O.C20H21FN4O/c1-5-16-33-26(31-25-11-7-14-30-27(25)33)21-32(17-12-22(2)3)28(34)23-9-6-10-24(20-23)36-19-15-29-13-8-18-35-4;1-15(2)9-11-30(24(32)22-18(26)12-16(25)13-19(22)27)14-21-29-20-8-5-10-28-23(20)31(21)17-6-3-4-7-17;1-4-12-27-21(25-19-6-5-11-24-22(19)27)15-26(13-16(2)3)14-20(28)17-7-9-18(23)10-8-17;1-3-12-24(20(26)15-8-5-6-9-16(15)21)14-18-23-17-10-7-11-22-19(17)25(18)13-4-2/h6-7,9-11,14,20,22,29H,5,8,12-13,15-19,21H2,1-4H3;5,8,10,12-13,15,17H,3-4,6-7,9,11,14H2,1-2H3;5-11,16H,4,12-15H2,1-3H3;3,5-11H,1,4,12-14H2,2H3. The second-order valence-electron chi connectivity index (χ2n) is 31.7. The number of halogens is 5. The highest BCUT2D eigenvalue weighted by Gasteiger charge is 2.31. The second kappa shape index (κ2) is 46.9. The Hall–Kier alpha value is -10.9. The molecule has 1 N–H and O–H groups in total. The Morgan fingerprint density at radius 2 is 1.04 bits per heavy atom. The van der Waals surface area contributed by atoms with Crippen LogP contribution in [0.15, 0.2) is 175 Å². The average molecular weight is 1740 g/mol. The molecule has 0 atom stereocenters. The van der Waals surface area contributed by atoms with E-state index in [1.807, 2.05) is 127 Å². The summed E-state index contributed by atoms with van der Waals surface area (Å²) in [5, 5.41) is 3.33. The van der Waals surface area contributed by atoms with Crippen molar-refractivity contribution in [1.82, 2.24) is 83.1 Å². The van der Waals surface area contributed by atoms with Gasteiger partial charge in [0.15, 0.2) is 28.4 Å². The van der Waals surface area contributed by atoms with Crippen LogP contribution in [0.25, 0.3) is 44.7 Å². The fourth-order valence-corrected chi connectivity index (χ4v) is 15.0. The third kappa shape index (κ3) is 25.8. The number of imidazole rings is 4. The fourth-order valence-electron chi connectivity index (χ4n) is 14.8. The Kier molecular flexibility index (Phi) is 35.9. The van der Waals surface area contributed by atoms with E-state index in [2.05, 4.69) is 120 Å². The van der Waals surface area contributed by atoms with Gasteiger partial charge in [-0.1, -0.05) is 127 Å². The normalized spacial score (nSPS) is 12.2. The first-order chi connectivity index (χ1) is 59.0. The zero-order chi connectivity index (χ0) is 87.2. The lowest BCUT2D eigenvalue weighted by Gasteiger charge is -2.25. The first-order valence-electron chi connectivity index (χ1n) is 42.5. The number of methoxy groups -OCH3 is 1. The summed E-state index contributed by atoms with van der Waals surface area (Å²) < 4.78 is 76.6. The summed E-state index contributed by atoms with van der Waals surface area (Å²) in [5.74, 6) is 0.0791. The fraction of sp³-hybridized carbons (Fsp3) is 0.426. The van der Waals surface area contributed by atoms with Gasteiger partial charge in [0.25, 0.3) is 17.7 Å². The highest BCUT2D eigenvalue weighted by Crippen LogP contribution is 2.35. The van der Waals surface area contributed by atoms with Crippen molar-refractivity contribution in [2.24, 2.45) is 17.8 Å². The van der Waals surface area contributed by atoms with Crippen molar-refractivity contribution < 1.29 is 46.2 Å². The Bertz CT molecular complexity index is 5370. The number of carbonyl (C=O) groups excluding carboxylic acids is 4. The summed E-state index contributed by atoms with van der Waals surface area (Å²) in [6.07, 6.45) is 18.3. The summed E-state index contributed by atoms with van der Waals surface area (Å²) in [7, 11) is 1.71. The Balaban J connectivity index is 0.000000172. The number of hydrogen-bond acceptors (Lipinski definition) is 16. The number of carbonyl (C=O) groups is 4. The molecular weight excluding hydrogens is 1620 g/mol. The average Bonchev–Trinajstić information content (AvgIpc) is 1.54. The first-order valence-corrected chi connectivity index (χ1v) is 43.3. The quantitative estimate of drug-likeness (QED) is 0.0163. The van der Waals surface area contributed by atoms with Crippen LogP contribution in [-0.4, -0.2) is 167 Å². The number of aromatic nitrogens is 12. The molecule has 23 nitrogen and oxygen atoms in total. The zero-order valence-corrected chi connectivity index (χ0v) is 73.6. The molecule has 1 fully saturated rings. The molecule has 0 saturated heterocycles. The van der Waals surface area contributed by atoms with E-state index >= 15 is 0 Å². The number of aryl methyl sites for hydroxylation is 3. The van der Waals surface area contributed by atoms with Crippen LogP contribution in [0.2, 0.25) is 0 Å². The predicted molar refractivity (Wildman–Crippen MR) is 474 cm³/mol. The summed E-state index contributed by atoms with van der Waals surface area (Å²) >= 11 is 3.42. The summed E-state index contributed by atoms with van der Waals surface area (Å²) in [5.41, 5.74) is 7.30. The number of rotatable bonds is 39. The van der Waals surface area contributed by atoms with Gasteiger partial charge < -0.3 is 47.8 Å². The van der Waals surface area contributed by atoms with Gasteiger partial charge in [-0.05, 0) is 167 Å². The maximum Gasteiger partial charge on any atom is 0.260 e. The molecule has 13 rings (SSSR count). The molecule has 3 amide bonds. The molecule has 8 heterocycles. The molecule has 0 unspecified atom stereocenters. The number of hydrogen-bond donors (Lipinski definition) is 1. The second-order valence-corrected chi connectivity index (χ2v) is 32.7. The van der Waals surface area contributed by atoms with Gasteiger partial charge in [0.05, 0.1) is 38.3 Å². The number of ether oxygens (including phenoxy) is 2. The van der Waals surface area contributed by atoms with Crippen LogP contribution in [0.3, 0.4) is 0 Å². The molecule has 1 saturated carbocycles. The summed E-state index contributed by atoms with van der Waals surface area (Å²) in [4.78, 5) is 96.6. The number of nitrogens with zero attached hydrogens (tertiary/aromatic N) is 16. The van der Waals surface area contributed by atoms with Crippen molar-refractivity contribution in [2.45, 2.75) is 178 Å². The van der Waals surface area contributed by atoms with Crippen LogP contribution in [0.4, 0.5) is 17.6 Å². The minimum Gasteiger partial charge on any atom is -0.492 e. The van der Waals surface area contributed by atoms with Gasteiger partial charge in [0.2, 0.25) is 0 Å². The third-order valence-corrected chi connectivity index (χ3v) is 21.2. The lowest BCUT2D eigenvalue weighted by Crippen LogP contribution is -2.34. The monoisotopic (exact) mass is 1730 g/mol. The number of benzene rings is 4. The number of pyridine rings is 4. The van der Waals surface area contributed by atoms with E-state index in [0.29, 0.717) is 93.4 Å². The van der Waals surface area contributed by atoms with Gasteiger partial charge in [-0.15, -0.1) is 6.58 Å². The molecule has 28 heteroatoms. The lowest BCUT2D eigenvalue weighted by atomic mass is 10.1. The minimum absolute atomic E-state index is 0.0122. The van der Waals surface area contributed by atoms with E-state index < -0.39 is 34.7 Å². The van der Waals surface area contributed by atoms with E-state index in [4.69, 9.17) is 24.4 Å². The van der Waals surface area contributed by atoms with E-state index in [0.717, 1.165) is 176 Å². The molecule has 0 aliphatic heterocycles. The maximum atomic E-state index is 14.4. The van der Waals surface area contributed by atoms with E-state index in [1.165, 1.54) is 17.0 Å². The van der Waals surface area contributed by atoms with Crippen molar-refractivity contribution in [1.29, 1.82) is 0 Å². The topological polar surface area (TPSA) is 235 Å². The summed E-state index contributed by atoms with van der Waals surface area (Å²) in [6, 6.07) is 37.5. The van der Waals surface area contributed by atoms with Crippen molar-refractivity contribution in [3.63, 3.8) is 0 Å². The minimum atomic E-state index is -1.20. The number of nitrogens with one attached hydrogen (secondary N) is 1. The van der Waals surface area contributed by atoms with Gasteiger partial charge in [0.1, 0.15) is 86.6 Å². The molecule has 0 radical (unpaired) electrons. The Morgan fingerprint density at radius 3 is 1.56 bits per heavy atom. The van der Waals surface area contributed by atoms with E-state index in [9.17, 15) is 36.7 Å². The molecule has 648 valence electrons. The van der Waals surface area contributed by atoms with Gasteiger partial charge in [-0.25, -0.2) is 57.4 Å². The number of fused-ring (bicyclic) bond motifs is 4. The molecule has 0 spiro atoms. The summed E-state index contributed by atoms with van der Waals surface area (Å²) in [6.45, 7) is 32.1. The van der Waals surface area contributed by atoms with Crippen molar-refractivity contribution >= 4 is 84.1 Å². The molecule has 122 heavy (non-hydrogen) atoms. The van der Waals surface area contributed by atoms with Crippen LogP contribution < -0.4 is 10.1 Å². The van der Waals surface area contributed by atoms with Crippen molar-refractivity contribution in [2.75, 3.05) is 66.1 Å². The SMILES string of the molecule is C=CCN(Cc1nc2cccnc2n1CCC)C(=O)c1ccccc1F.CC(C)CCN(Cc1nc2cccnc2n1C1CCCC1)C(=O)c1c(F)cc(F)cc1F.CCCn1c(CN(CC(=O)c2ccc(Br)cc2)CC(C)C)nc2cccnc21.CCCn1c(CN(CCC(C)C)C(=O)c2cccc(OCCNCCCOC)c2)nc2cccnc21. The van der Waals surface area contributed by atoms with E-state index in [-0.39, 0.29) is 48.2 Å². The Morgan fingerprint density at radius 1 is 0.541 bits per heavy atom. The predicted octanol–water partition coefficient (Wildman–Crippen LogP) is 18.9.